The number of carboxylic acids is 1. The number of rotatable bonds is 10. The maximum Gasteiger partial charge on any atom is 0.352 e. The Balaban J connectivity index is 1.16. The maximum absolute atomic E-state index is 15.2. The Morgan fingerprint density at radius 2 is 1.87 bits per heavy atom. The number of fused-ring (bicyclic) bond motifs is 2. The highest BCUT2D eigenvalue weighted by atomic mass is 32.2. The van der Waals surface area contributed by atoms with E-state index in [1.54, 1.807) is 41.0 Å². The molecule has 0 aliphatic carbocycles. The van der Waals surface area contributed by atoms with E-state index in [-0.39, 0.29) is 34.6 Å². The Morgan fingerprint density at radius 3 is 2.57 bits per heavy atom. The van der Waals surface area contributed by atoms with Gasteiger partial charge in [-0.1, -0.05) is 18.2 Å². The molecule has 0 bridgehead atoms. The first-order valence-corrected chi connectivity index (χ1v) is 16.1. The lowest BCUT2D eigenvalue weighted by atomic mass is 10.0. The average molecular weight is 666 g/mol. The number of nitrogens with zero attached hydrogens (tertiary/aromatic N) is 3. The Hall–Kier alpha value is -4.89. The normalized spacial score (nSPS) is 19.2. The number of halogens is 1. The maximum atomic E-state index is 15.2. The molecule has 4 heterocycles. The number of benzene rings is 2. The number of carbonyl (C=O) groups excluding carboxylic acids is 3. The summed E-state index contributed by atoms with van der Waals surface area (Å²) in [4.78, 5) is 67.2. The van der Waals surface area contributed by atoms with Crippen molar-refractivity contribution in [3.8, 4) is 5.75 Å². The van der Waals surface area contributed by atoms with Crippen LogP contribution in [0.5, 0.6) is 5.75 Å². The van der Waals surface area contributed by atoms with Gasteiger partial charge in [0.05, 0.1) is 11.2 Å². The molecule has 3 N–H and O–H groups in total. The van der Waals surface area contributed by atoms with Crippen molar-refractivity contribution in [1.82, 2.24) is 20.1 Å². The van der Waals surface area contributed by atoms with Crippen molar-refractivity contribution in [3.63, 3.8) is 0 Å². The van der Waals surface area contributed by atoms with Crippen LogP contribution in [-0.2, 0) is 25.7 Å². The van der Waals surface area contributed by atoms with E-state index >= 15 is 4.39 Å². The van der Waals surface area contributed by atoms with Crippen LogP contribution in [0.4, 0.5) is 10.1 Å². The number of aromatic nitrogens is 1. The molecule has 6 rings (SSSR count). The second-order valence-electron chi connectivity index (χ2n) is 11.1. The van der Waals surface area contributed by atoms with Gasteiger partial charge in [0.15, 0.2) is 6.61 Å². The predicted molar refractivity (Wildman–Crippen MR) is 171 cm³/mol. The van der Waals surface area contributed by atoms with Crippen LogP contribution in [0.15, 0.2) is 64.7 Å². The number of anilines is 1. The molecule has 1 aromatic heterocycles. The number of hydrogen-bond acceptors (Lipinski definition) is 10. The van der Waals surface area contributed by atoms with Gasteiger partial charge in [-0.3, -0.25) is 19.3 Å². The highest BCUT2D eigenvalue weighted by molar-refractivity contribution is 8.00. The number of ether oxygens (including phenoxy) is 2. The third-order valence-electron chi connectivity index (χ3n) is 8.22. The molecule has 3 aliphatic heterocycles. The highest BCUT2D eigenvalue weighted by Gasteiger charge is 2.54. The molecule has 3 aromatic rings. The molecule has 0 spiro atoms. The number of hydrogen-bond donors (Lipinski definition) is 3. The number of piperazine rings is 1. The lowest BCUT2D eigenvalue weighted by Crippen LogP contribution is -2.71. The minimum Gasteiger partial charge on any atom is -0.484 e. The summed E-state index contributed by atoms with van der Waals surface area (Å²) in [6.45, 7) is 4.01. The monoisotopic (exact) mass is 665 g/mol. The van der Waals surface area contributed by atoms with Crippen LogP contribution in [0, 0.1) is 5.82 Å². The number of thioether (sulfide) groups is 1. The molecular weight excluding hydrogens is 633 g/mol. The summed E-state index contributed by atoms with van der Waals surface area (Å²) < 4.78 is 27.7. The van der Waals surface area contributed by atoms with Crippen LogP contribution in [0.2, 0.25) is 0 Å². The molecule has 246 valence electrons. The van der Waals surface area contributed by atoms with E-state index in [0.717, 1.165) is 11.0 Å². The number of β-lactam (4-membered cyclic amide) rings is 1. The average Bonchev–Trinajstić information content (AvgIpc) is 3.09. The van der Waals surface area contributed by atoms with Crippen LogP contribution < -0.4 is 25.7 Å². The van der Waals surface area contributed by atoms with Crippen molar-refractivity contribution >= 4 is 52.1 Å². The molecule has 2 atom stereocenters. The summed E-state index contributed by atoms with van der Waals surface area (Å²) in [6.07, 6.45) is 1.36. The largest absolute Gasteiger partial charge is 0.484 e. The topological polar surface area (TPSA) is 160 Å². The molecule has 2 amide bonds. The van der Waals surface area contributed by atoms with Crippen LogP contribution >= 0.6 is 11.8 Å². The van der Waals surface area contributed by atoms with Gasteiger partial charge < -0.3 is 34.7 Å². The number of carbonyl (C=O) groups is 4. The zero-order chi connectivity index (χ0) is 33.2. The Kier molecular flexibility index (Phi) is 9.18. The molecular formula is C32H32FN5O8S. The zero-order valence-corrected chi connectivity index (χ0v) is 26.2. The summed E-state index contributed by atoms with van der Waals surface area (Å²) in [7, 11) is 0. The van der Waals surface area contributed by atoms with Crippen molar-refractivity contribution in [1.29, 1.82) is 0 Å². The fourth-order valence-electron chi connectivity index (χ4n) is 5.86. The zero-order valence-electron chi connectivity index (χ0n) is 25.4. The fraction of sp³-hybridized carbons (Fsp3) is 0.344. The quantitative estimate of drug-likeness (QED) is 0.213. The van der Waals surface area contributed by atoms with Gasteiger partial charge >= 0.3 is 11.9 Å². The van der Waals surface area contributed by atoms with Gasteiger partial charge in [0.1, 0.15) is 40.8 Å². The molecule has 1 unspecified atom stereocenters. The number of aliphatic carboxylic acids is 1. The van der Waals surface area contributed by atoms with E-state index in [9.17, 15) is 29.1 Å². The van der Waals surface area contributed by atoms with Crippen LogP contribution in [-0.4, -0.2) is 94.9 Å². The number of para-hydroxylation sites is 1. The molecule has 2 aromatic carbocycles. The lowest BCUT2D eigenvalue weighted by molar-refractivity contribution is -0.151. The van der Waals surface area contributed by atoms with E-state index in [0.29, 0.717) is 49.7 Å². The Bertz CT molecular complexity index is 1840. The van der Waals surface area contributed by atoms with Crippen molar-refractivity contribution in [2.75, 3.05) is 50.0 Å². The second-order valence-corrected chi connectivity index (χ2v) is 12.2. The first-order valence-electron chi connectivity index (χ1n) is 15.0. The summed E-state index contributed by atoms with van der Waals surface area (Å²) in [5.74, 6) is -3.58. The van der Waals surface area contributed by atoms with Crippen molar-refractivity contribution in [2.24, 2.45) is 0 Å². The van der Waals surface area contributed by atoms with E-state index in [1.165, 1.54) is 18.0 Å². The Morgan fingerprint density at radius 1 is 1.13 bits per heavy atom. The first-order chi connectivity index (χ1) is 22.7. The predicted octanol–water partition coefficient (Wildman–Crippen LogP) is 1.54. The number of nitrogens with one attached hydrogen (secondary N) is 2. The number of carboxylic acid groups (broad SMARTS) is 1. The van der Waals surface area contributed by atoms with Gasteiger partial charge in [-0.05, 0) is 31.2 Å². The SMILES string of the molecule is CCn1cc(C(=O)OCC2=C(C(=O)O)N3C(=O)C(NC(=O)COc4ccccc4)[C@H]3SC2)c(=O)c2cc(F)c(N3CCNCC3)cc21. The summed E-state index contributed by atoms with van der Waals surface area (Å²) in [6, 6.07) is 10.5. The van der Waals surface area contributed by atoms with Gasteiger partial charge in [0, 0.05) is 55.6 Å². The molecule has 47 heavy (non-hydrogen) atoms. The molecule has 0 radical (unpaired) electrons. The molecule has 13 nitrogen and oxygen atoms in total. The van der Waals surface area contributed by atoms with Gasteiger partial charge in [0.2, 0.25) is 5.43 Å². The minimum absolute atomic E-state index is 0.0209. The summed E-state index contributed by atoms with van der Waals surface area (Å²) in [5, 5.41) is 15.1. The third kappa shape index (κ3) is 6.27. The van der Waals surface area contributed by atoms with Crippen LogP contribution in [0.1, 0.15) is 17.3 Å². The molecule has 3 aliphatic rings. The second kappa shape index (κ2) is 13.5. The summed E-state index contributed by atoms with van der Waals surface area (Å²) >= 11 is 1.21. The molecule has 2 fully saturated rings. The van der Waals surface area contributed by atoms with E-state index in [2.05, 4.69) is 10.6 Å². The summed E-state index contributed by atoms with van der Waals surface area (Å²) in [5.41, 5.74) is -0.378. The fourth-order valence-corrected chi connectivity index (χ4v) is 7.19. The third-order valence-corrected chi connectivity index (χ3v) is 9.56. The molecule has 0 saturated carbocycles. The van der Waals surface area contributed by atoms with Crippen molar-refractivity contribution in [3.05, 3.63) is 81.5 Å². The van der Waals surface area contributed by atoms with Crippen LogP contribution in [0.3, 0.4) is 0 Å². The molecule has 15 heteroatoms. The Labute approximate surface area is 272 Å². The van der Waals surface area contributed by atoms with Gasteiger partial charge in [-0.2, -0.15) is 0 Å². The van der Waals surface area contributed by atoms with E-state index in [1.807, 2.05) is 11.8 Å². The van der Waals surface area contributed by atoms with Gasteiger partial charge in [0.25, 0.3) is 11.8 Å². The van der Waals surface area contributed by atoms with Crippen LogP contribution in [0.25, 0.3) is 10.9 Å². The molecule has 2 saturated heterocycles. The first kappa shape index (κ1) is 32.1. The smallest absolute Gasteiger partial charge is 0.352 e. The standard InChI is InChI=1S/C32H32FN5O8S/c1-2-36-14-21(28(40)20-12-22(33)24(13-23(20)36)37-10-8-34-9-11-37)32(44)46-15-18-17-47-30-26(29(41)38(30)27(18)31(42)43)35-25(39)16-45-19-6-4-3-5-7-19/h3-7,12-14,26,30,34H,2,8-11,15-17H2,1H3,(H,35,39)(H,42,43)/t26?,30-/m1/s1. The van der Waals surface area contributed by atoms with Crippen molar-refractivity contribution < 1.29 is 38.1 Å². The van der Waals surface area contributed by atoms with E-state index in [4.69, 9.17) is 9.47 Å². The van der Waals surface area contributed by atoms with Gasteiger partial charge in [-0.15, -0.1) is 11.8 Å². The highest BCUT2D eigenvalue weighted by Crippen LogP contribution is 2.40. The number of aryl methyl sites for hydroxylation is 1. The van der Waals surface area contributed by atoms with Crippen molar-refractivity contribution in [2.45, 2.75) is 24.9 Å². The minimum atomic E-state index is -1.40. The van der Waals surface area contributed by atoms with Gasteiger partial charge in [-0.25, -0.2) is 14.0 Å². The number of esters is 1. The number of amides is 2. The number of pyridine rings is 1. The lowest BCUT2D eigenvalue weighted by Gasteiger charge is -2.49. The van der Waals surface area contributed by atoms with E-state index < -0.39 is 53.0 Å².